The topological polar surface area (TPSA) is 83.7 Å². The molecule has 0 radical (unpaired) electrons. The van der Waals surface area contributed by atoms with E-state index in [1.165, 1.54) is 10.4 Å². The lowest BCUT2D eigenvalue weighted by atomic mass is 10.3. The Morgan fingerprint density at radius 1 is 1.35 bits per heavy atom. The number of hydrogen-bond acceptors (Lipinski definition) is 5. The minimum absolute atomic E-state index is 0.0737. The molecule has 20 heavy (non-hydrogen) atoms. The van der Waals surface area contributed by atoms with Gasteiger partial charge in [-0.2, -0.15) is 4.31 Å². The number of amides is 1. The van der Waals surface area contributed by atoms with E-state index in [4.69, 9.17) is 5.73 Å². The van der Waals surface area contributed by atoms with Crippen LogP contribution in [0.4, 0.5) is 5.69 Å². The number of nitrogens with two attached hydrogens (primary N) is 1. The summed E-state index contributed by atoms with van der Waals surface area (Å²) in [5.41, 5.74) is 6.05. The van der Waals surface area contributed by atoms with Gasteiger partial charge in [-0.3, -0.25) is 4.79 Å². The SMILES string of the molecule is CCC(=O)N1CCCN(S(=O)(=O)c2cc(N)cs2)CC1. The van der Waals surface area contributed by atoms with Gasteiger partial charge in [-0.05, 0) is 12.5 Å². The van der Waals surface area contributed by atoms with E-state index in [0.29, 0.717) is 44.7 Å². The molecule has 0 spiro atoms. The highest BCUT2D eigenvalue weighted by Gasteiger charge is 2.28. The van der Waals surface area contributed by atoms with Gasteiger partial charge in [0, 0.05) is 43.7 Å². The van der Waals surface area contributed by atoms with Crippen LogP contribution >= 0.6 is 11.3 Å². The third kappa shape index (κ3) is 3.13. The van der Waals surface area contributed by atoms with E-state index in [9.17, 15) is 13.2 Å². The van der Waals surface area contributed by atoms with Crippen molar-refractivity contribution in [2.45, 2.75) is 24.0 Å². The third-order valence-electron chi connectivity index (χ3n) is 3.30. The Labute approximate surface area is 123 Å². The molecule has 1 aliphatic heterocycles. The molecule has 0 bridgehead atoms. The number of hydrogen-bond donors (Lipinski definition) is 1. The predicted molar refractivity (Wildman–Crippen MR) is 79.0 cm³/mol. The number of rotatable bonds is 3. The van der Waals surface area contributed by atoms with Crippen molar-refractivity contribution in [3.05, 3.63) is 11.4 Å². The molecule has 0 unspecified atom stereocenters. The van der Waals surface area contributed by atoms with E-state index in [-0.39, 0.29) is 10.1 Å². The normalized spacial score (nSPS) is 17.9. The molecule has 0 saturated carbocycles. The van der Waals surface area contributed by atoms with Crippen molar-refractivity contribution in [3.8, 4) is 0 Å². The molecule has 0 aromatic carbocycles. The summed E-state index contributed by atoms with van der Waals surface area (Å²) < 4.78 is 26.7. The molecule has 2 rings (SSSR count). The Kier molecular flexibility index (Phi) is 4.66. The first-order chi connectivity index (χ1) is 9.45. The summed E-state index contributed by atoms with van der Waals surface area (Å²) >= 11 is 1.13. The van der Waals surface area contributed by atoms with Crippen LogP contribution in [0.25, 0.3) is 0 Å². The standard InChI is InChI=1S/C12H19N3O3S2/c1-2-11(16)14-4-3-5-15(7-6-14)20(17,18)12-8-10(13)9-19-12/h8-9H,2-7,13H2,1H3. The van der Waals surface area contributed by atoms with Gasteiger partial charge in [-0.1, -0.05) is 6.92 Å². The van der Waals surface area contributed by atoms with Crippen LogP contribution in [0.1, 0.15) is 19.8 Å². The lowest BCUT2D eigenvalue weighted by Gasteiger charge is -2.21. The first-order valence-corrected chi connectivity index (χ1v) is 8.89. The molecule has 8 heteroatoms. The van der Waals surface area contributed by atoms with Crippen LogP contribution in [0.5, 0.6) is 0 Å². The molecule has 2 heterocycles. The predicted octanol–water partition coefficient (Wildman–Crippen LogP) is 0.963. The Morgan fingerprint density at radius 2 is 2.10 bits per heavy atom. The van der Waals surface area contributed by atoms with Gasteiger partial charge in [0.15, 0.2) is 0 Å². The number of carbonyl (C=O) groups is 1. The monoisotopic (exact) mass is 317 g/mol. The number of nitrogens with zero attached hydrogens (tertiary/aromatic N) is 2. The van der Waals surface area contributed by atoms with Crippen LogP contribution in [0.2, 0.25) is 0 Å². The Bertz CT molecular complexity index is 583. The lowest BCUT2D eigenvalue weighted by molar-refractivity contribution is -0.130. The second-order valence-electron chi connectivity index (χ2n) is 4.69. The summed E-state index contributed by atoms with van der Waals surface area (Å²) in [6, 6.07) is 1.49. The average molecular weight is 317 g/mol. The van der Waals surface area contributed by atoms with E-state index in [2.05, 4.69) is 0 Å². The van der Waals surface area contributed by atoms with Crippen molar-refractivity contribution in [1.82, 2.24) is 9.21 Å². The fourth-order valence-electron chi connectivity index (χ4n) is 2.20. The van der Waals surface area contributed by atoms with Crippen molar-refractivity contribution in [1.29, 1.82) is 0 Å². The minimum Gasteiger partial charge on any atom is -0.398 e. The maximum atomic E-state index is 12.5. The van der Waals surface area contributed by atoms with Gasteiger partial charge in [0.1, 0.15) is 4.21 Å². The molecule has 2 N–H and O–H groups in total. The molecule has 6 nitrogen and oxygen atoms in total. The first-order valence-electron chi connectivity index (χ1n) is 6.57. The van der Waals surface area contributed by atoms with E-state index < -0.39 is 10.0 Å². The zero-order valence-electron chi connectivity index (χ0n) is 11.4. The molecule has 1 fully saturated rings. The van der Waals surface area contributed by atoms with Crippen LogP contribution in [0.3, 0.4) is 0 Å². The molecule has 0 atom stereocenters. The summed E-state index contributed by atoms with van der Waals surface area (Å²) in [6.07, 6.45) is 1.11. The van der Waals surface area contributed by atoms with E-state index in [1.807, 2.05) is 6.92 Å². The number of thiophene rings is 1. The maximum absolute atomic E-state index is 12.5. The maximum Gasteiger partial charge on any atom is 0.252 e. The van der Waals surface area contributed by atoms with E-state index >= 15 is 0 Å². The van der Waals surface area contributed by atoms with Crippen molar-refractivity contribution < 1.29 is 13.2 Å². The van der Waals surface area contributed by atoms with Gasteiger partial charge in [0.05, 0.1) is 0 Å². The second-order valence-corrected chi connectivity index (χ2v) is 7.77. The molecule has 1 saturated heterocycles. The second kappa shape index (κ2) is 6.11. The zero-order chi connectivity index (χ0) is 14.8. The molecular formula is C12H19N3O3S2. The fourth-order valence-corrected chi connectivity index (χ4v) is 4.90. The minimum atomic E-state index is -3.49. The van der Waals surface area contributed by atoms with Crippen LogP contribution in [0.15, 0.2) is 15.7 Å². The van der Waals surface area contributed by atoms with Gasteiger partial charge < -0.3 is 10.6 Å². The average Bonchev–Trinajstić information content (AvgIpc) is 2.72. The highest BCUT2D eigenvalue weighted by molar-refractivity contribution is 7.91. The highest BCUT2D eigenvalue weighted by atomic mass is 32.2. The van der Waals surface area contributed by atoms with Gasteiger partial charge >= 0.3 is 0 Å². The molecule has 1 aliphatic rings. The van der Waals surface area contributed by atoms with Crippen LogP contribution in [0, 0.1) is 0 Å². The Hall–Kier alpha value is -1.12. The fraction of sp³-hybridized carbons (Fsp3) is 0.583. The summed E-state index contributed by atoms with van der Waals surface area (Å²) in [5.74, 6) is 0.0737. The van der Waals surface area contributed by atoms with Crippen molar-refractivity contribution in [2.75, 3.05) is 31.9 Å². The van der Waals surface area contributed by atoms with Gasteiger partial charge in [-0.25, -0.2) is 8.42 Å². The van der Waals surface area contributed by atoms with Crippen molar-refractivity contribution >= 4 is 33.0 Å². The number of nitrogen functional groups attached to an aromatic ring is 1. The molecule has 1 amide bonds. The van der Waals surface area contributed by atoms with E-state index in [1.54, 1.807) is 10.3 Å². The number of sulfonamides is 1. The number of anilines is 1. The Balaban J connectivity index is 2.12. The largest absolute Gasteiger partial charge is 0.398 e. The van der Waals surface area contributed by atoms with Crippen molar-refractivity contribution in [3.63, 3.8) is 0 Å². The summed E-state index contributed by atoms with van der Waals surface area (Å²) in [5, 5.41) is 1.62. The molecule has 0 aliphatic carbocycles. The third-order valence-corrected chi connectivity index (χ3v) is 6.63. The summed E-state index contributed by atoms with van der Waals surface area (Å²) in [6.45, 7) is 3.66. The Morgan fingerprint density at radius 3 is 2.70 bits per heavy atom. The van der Waals surface area contributed by atoms with Crippen molar-refractivity contribution in [2.24, 2.45) is 0 Å². The molecule has 1 aromatic heterocycles. The molecule has 112 valence electrons. The smallest absolute Gasteiger partial charge is 0.252 e. The zero-order valence-corrected chi connectivity index (χ0v) is 13.0. The first kappa shape index (κ1) is 15.3. The molecular weight excluding hydrogens is 298 g/mol. The van der Waals surface area contributed by atoms with Gasteiger partial charge in [-0.15, -0.1) is 11.3 Å². The van der Waals surface area contributed by atoms with Crippen LogP contribution in [-0.2, 0) is 14.8 Å². The summed E-state index contributed by atoms with van der Waals surface area (Å²) in [4.78, 5) is 13.4. The van der Waals surface area contributed by atoms with E-state index in [0.717, 1.165) is 11.3 Å². The summed E-state index contributed by atoms with van der Waals surface area (Å²) in [7, 11) is -3.49. The van der Waals surface area contributed by atoms with Gasteiger partial charge in [0.2, 0.25) is 5.91 Å². The highest BCUT2D eigenvalue weighted by Crippen LogP contribution is 2.25. The van der Waals surface area contributed by atoms with Crippen LogP contribution in [-0.4, -0.2) is 49.7 Å². The molecule has 1 aromatic rings. The lowest BCUT2D eigenvalue weighted by Crippen LogP contribution is -2.36. The quantitative estimate of drug-likeness (QED) is 0.900. The van der Waals surface area contributed by atoms with Gasteiger partial charge in [0.25, 0.3) is 10.0 Å². The number of carbonyl (C=O) groups excluding carboxylic acids is 1. The van der Waals surface area contributed by atoms with Crippen LogP contribution < -0.4 is 5.73 Å².